The van der Waals surface area contributed by atoms with Crippen molar-refractivity contribution in [3.05, 3.63) is 42.7 Å². The predicted molar refractivity (Wildman–Crippen MR) is 55.5 cm³/mol. The Labute approximate surface area is 77.9 Å². The highest BCUT2D eigenvalue weighted by Crippen LogP contribution is 2.04. The SMILES string of the molecule is C=CCSCCc1ccccn1. The van der Waals surface area contributed by atoms with Crippen molar-refractivity contribution in [1.82, 2.24) is 4.98 Å². The highest BCUT2D eigenvalue weighted by atomic mass is 32.2. The quantitative estimate of drug-likeness (QED) is 0.509. The lowest BCUT2D eigenvalue weighted by Gasteiger charge is -1.97. The molecule has 1 nitrogen and oxygen atoms in total. The Morgan fingerprint density at radius 3 is 3.08 bits per heavy atom. The average molecular weight is 179 g/mol. The largest absolute Gasteiger partial charge is 0.261 e. The first-order valence-electron chi connectivity index (χ1n) is 4.02. The van der Waals surface area contributed by atoms with Gasteiger partial charge in [0, 0.05) is 17.6 Å². The second kappa shape index (κ2) is 5.84. The van der Waals surface area contributed by atoms with Crippen molar-refractivity contribution in [2.75, 3.05) is 11.5 Å². The van der Waals surface area contributed by atoms with Crippen molar-refractivity contribution in [3.8, 4) is 0 Å². The number of aromatic nitrogens is 1. The minimum atomic E-state index is 1.03. The van der Waals surface area contributed by atoms with E-state index in [4.69, 9.17) is 0 Å². The topological polar surface area (TPSA) is 12.9 Å². The maximum atomic E-state index is 4.24. The van der Waals surface area contributed by atoms with Crippen LogP contribution >= 0.6 is 11.8 Å². The molecular weight excluding hydrogens is 166 g/mol. The number of aryl methyl sites for hydroxylation is 1. The van der Waals surface area contributed by atoms with Gasteiger partial charge in [-0.15, -0.1) is 6.58 Å². The molecule has 0 bridgehead atoms. The van der Waals surface area contributed by atoms with E-state index in [9.17, 15) is 0 Å². The molecule has 0 aliphatic rings. The Morgan fingerprint density at radius 1 is 1.50 bits per heavy atom. The summed E-state index contributed by atoms with van der Waals surface area (Å²) < 4.78 is 0. The summed E-state index contributed by atoms with van der Waals surface area (Å²) in [6, 6.07) is 6.04. The van der Waals surface area contributed by atoms with Gasteiger partial charge in [0.25, 0.3) is 0 Å². The van der Waals surface area contributed by atoms with Crippen LogP contribution in [-0.4, -0.2) is 16.5 Å². The van der Waals surface area contributed by atoms with E-state index in [2.05, 4.69) is 17.6 Å². The maximum Gasteiger partial charge on any atom is 0.0411 e. The van der Waals surface area contributed by atoms with Gasteiger partial charge in [0.2, 0.25) is 0 Å². The van der Waals surface area contributed by atoms with Crippen LogP contribution in [0.3, 0.4) is 0 Å². The van der Waals surface area contributed by atoms with Crippen LogP contribution < -0.4 is 0 Å². The zero-order chi connectivity index (χ0) is 8.65. The third kappa shape index (κ3) is 3.58. The van der Waals surface area contributed by atoms with E-state index in [0.717, 1.165) is 17.9 Å². The molecule has 0 N–H and O–H groups in total. The van der Waals surface area contributed by atoms with E-state index in [1.165, 1.54) is 5.69 Å². The standard InChI is InChI=1S/C10H13NS/c1-2-8-12-9-6-10-5-3-4-7-11-10/h2-5,7H,1,6,8-9H2. The Bertz CT molecular complexity index is 221. The molecule has 0 atom stereocenters. The summed E-state index contributed by atoms with van der Waals surface area (Å²) in [7, 11) is 0. The molecule has 0 aliphatic carbocycles. The second-order valence-electron chi connectivity index (χ2n) is 2.43. The second-order valence-corrected chi connectivity index (χ2v) is 3.58. The van der Waals surface area contributed by atoms with Crippen LogP contribution in [-0.2, 0) is 6.42 Å². The van der Waals surface area contributed by atoms with Gasteiger partial charge in [-0.3, -0.25) is 4.98 Å². The van der Waals surface area contributed by atoms with E-state index in [-0.39, 0.29) is 0 Å². The molecule has 64 valence electrons. The van der Waals surface area contributed by atoms with Crippen LogP contribution in [0.2, 0.25) is 0 Å². The molecule has 2 heteroatoms. The molecule has 0 fully saturated rings. The lowest BCUT2D eigenvalue weighted by atomic mass is 10.3. The zero-order valence-electron chi connectivity index (χ0n) is 7.07. The summed E-state index contributed by atoms with van der Waals surface area (Å²) in [6.45, 7) is 3.67. The van der Waals surface area contributed by atoms with Gasteiger partial charge < -0.3 is 0 Å². The van der Waals surface area contributed by atoms with Crippen molar-refractivity contribution in [3.63, 3.8) is 0 Å². The third-order valence-corrected chi connectivity index (χ3v) is 2.43. The number of hydrogen-bond acceptors (Lipinski definition) is 2. The first-order valence-corrected chi connectivity index (χ1v) is 5.17. The van der Waals surface area contributed by atoms with Crippen molar-refractivity contribution in [2.24, 2.45) is 0 Å². The van der Waals surface area contributed by atoms with Gasteiger partial charge in [0.15, 0.2) is 0 Å². The smallest absolute Gasteiger partial charge is 0.0411 e. The van der Waals surface area contributed by atoms with E-state index in [0.29, 0.717) is 0 Å². The first-order chi connectivity index (χ1) is 5.93. The third-order valence-electron chi connectivity index (χ3n) is 1.46. The van der Waals surface area contributed by atoms with Gasteiger partial charge >= 0.3 is 0 Å². The number of thioether (sulfide) groups is 1. The molecule has 0 aromatic carbocycles. The fourth-order valence-electron chi connectivity index (χ4n) is 0.889. The lowest BCUT2D eigenvalue weighted by Crippen LogP contribution is -1.91. The molecule has 0 aliphatic heterocycles. The molecule has 1 aromatic rings. The molecule has 0 spiro atoms. The van der Waals surface area contributed by atoms with Gasteiger partial charge in [-0.2, -0.15) is 11.8 Å². The van der Waals surface area contributed by atoms with E-state index >= 15 is 0 Å². The maximum absolute atomic E-state index is 4.24. The summed E-state index contributed by atoms with van der Waals surface area (Å²) in [6.07, 6.45) is 4.83. The van der Waals surface area contributed by atoms with Gasteiger partial charge in [-0.05, 0) is 24.3 Å². The van der Waals surface area contributed by atoms with Gasteiger partial charge in [0.1, 0.15) is 0 Å². The number of rotatable bonds is 5. The highest BCUT2D eigenvalue weighted by Gasteiger charge is 1.91. The van der Waals surface area contributed by atoms with Crippen LogP contribution in [0.4, 0.5) is 0 Å². The van der Waals surface area contributed by atoms with Crippen LogP contribution in [0, 0.1) is 0 Å². The van der Waals surface area contributed by atoms with Crippen molar-refractivity contribution < 1.29 is 0 Å². The Morgan fingerprint density at radius 2 is 2.42 bits per heavy atom. The van der Waals surface area contributed by atoms with Crippen LogP contribution in [0.5, 0.6) is 0 Å². The molecule has 0 saturated heterocycles. The summed E-state index contributed by atoms with van der Waals surface area (Å²) in [4.78, 5) is 4.24. The van der Waals surface area contributed by atoms with Crippen molar-refractivity contribution in [1.29, 1.82) is 0 Å². The van der Waals surface area contributed by atoms with Crippen molar-refractivity contribution >= 4 is 11.8 Å². The van der Waals surface area contributed by atoms with E-state index < -0.39 is 0 Å². The minimum Gasteiger partial charge on any atom is -0.261 e. The van der Waals surface area contributed by atoms with E-state index in [1.807, 2.05) is 36.2 Å². The number of hydrogen-bond donors (Lipinski definition) is 0. The fraction of sp³-hybridized carbons (Fsp3) is 0.300. The van der Waals surface area contributed by atoms with Gasteiger partial charge in [-0.25, -0.2) is 0 Å². The molecule has 1 rings (SSSR count). The van der Waals surface area contributed by atoms with E-state index in [1.54, 1.807) is 0 Å². The summed E-state index contributed by atoms with van der Waals surface area (Å²) in [5, 5.41) is 0. The van der Waals surface area contributed by atoms with Gasteiger partial charge in [0.05, 0.1) is 0 Å². The molecule has 1 aromatic heterocycles. The van der Waals surface area contributed by atoms with Crippen LogP contribution in [0.25, 0.3) is 0 Å². The minimum absolute atomic E-state index is 1.03. The monoisotopic (exact) mass is 179 g/mol. The molecule has 1 heterocycles. The van der Waals surface area contributed by atoms with Gasteiger partial charge in [-0.1, -0.05) is 12.1 Å². The highest BCUT2D eigenvalue weighted by molar-refractivity contribution is 7.99. The molecule has 0 unspecified atom stereocenters. The molecule has 12 heavy (non-hydrogen) atoms. The summed E-state index contributed by atoms with van der Waals surface area (Å²) >= 11 is 1.89. The molecule has 0 saturated carbocycles. The fourth-order valence-corrected chi connectivity index (χ4v) is 1.58. The number of pyridine rings is 1. The Hall–Kier alpha value is -0.760. The molecule has 0 radical (unpaired) electrons. The Balaban J connectivity index is 2.20. The summed E-state index contributed by atoms with van der Waals surface area (Å²) in [5.41, 5.74) is 1.18. The normalized spacial score (nSPS) is 9.67. The number of nitrogens with zero attached hydrogens (tertiary/aromatic N) is 1. The predicted octanol–water partition coefficient (Wildman–Crippen LogP) is 2.54. The Kier molecular flexibility index (Phi) is 4.54. The first kappa shape index (κ1) is 9.33. The van der Waals surface area contributed by atoms with Crippen LogP contribution in [0.15, 0.2) is 37.1 Å². The average Bonchev–Trinajstić information content (AvgIpc) is 2.14. The van der Waals surface area contributed by atoms with Crippen LogP contribution in [0.1, 0.15) is 5.69 Å². The summed E-state index contributed by atoms with van der Waals surface area (Å²) in [5.74, 6) is 2.16. The van der Waals surface area contributed by atoms with Crippen molar-refractivity contribution in [2.45, 2.75) is 6.42 Å². The zero-order valence-corrected chi connectivity index (χ0v) is 7.89. The molecule has 0 amide bonds. The molecular formula is C10H13NS. The lowest BCUT2D eigenvalue weighted by molar-refractivity contribution is 1.05.